The first-order chi connectivity index (χ1) is 6.72. The molecule has 1 aliphatic rings. The Kier molecular flexibility index (Phi) is 2.20. The monoisotopic (exact) mass is 196 g/mol. The van der Waals surface area contributed by atoms with E-state index in [0.717, 1.165) is 12.8 Å². The molecule has 0 saturated heterocycles. The zero-order valence-electron chi connectivity index (χ0n) is 7.86. The van der Waals surface area contributed by atoms with Crippen molar-refractivity contribution in [3.63, 3.8) is 0 Å². The number of nitrogens with zero attached hydrogens (tertiary/aromatic N) is 2. The molecule has 1 aliphatic carbocycles. The summed E-state index contributed by atoms with van der Waals surface area (Å²) in [5.41, 5.74) is 5.83. The largest absolute Gasteiger partial charge is 0.352 e. The van der Waals surface area contributed by atoms with Gasteiger partial charge >= 0.3 is 0 Å². The maximum Gasteiger partial charge on any atom is 0.292 e. The summed E-state index contributed by atoms with van der Waals surface area (Å²) in [5, 5.41) is 5.95. The van der Waals surface area contributed by atoms with Crippen LogP contribution in [0.5, 0.6) is 0 Å². The Morgan fingerprint density at radius 3 is 3.00 bits per heavy atom. The van der Waals surface area contributed by atoms with E-state index in [2.05, 4.69) is 15.5 Å². The van der Waals surface area contributed by atoms with Crippen LogP contribution in [0.4, 0.5) is 0 Å². The zero-order chi connectivity index (χ0) is 10.1. The van der Waals surface area contributed by atoms with Crippen molar-refractivity contribution in [2.24, 2.45) is 11.7 Å². The lowest BCUT2D eigenvalue weighted by atomic mass is 10.2. The van der Waals surface area contributed by atoms with Crippen molar-refractivity contribution >= 4 is 5.91 Å². The molecule has 0 radical (unpaired) electrons. The van der Waals surface area contributed by atoms with Crippen molar-refractivity contribution < 1.29 is 9.32 Å². The number of aromatic nitrogens is 2. The maximum atomic E-state index is 11.1. The van der Waals surface area contributed by atoms with E-state index in [9.17, 15) is 4.79 Å². The van der Waals surface area contributed by atoms with Gasteiger partial charge in [-0.3, -0.25) is 4.79 Å². The molecule has 0 aromatic carbocycles. The molecule has 0 aliphatic heterocycles. The lowest BCUT2D eigenvalue weighted by molar-refractivity contribution is 0.0950. The van der Waals surface area contributed by atoms with E-state index < -0.39 is 0 Å². The van der Waals surface area contributed by atoms with Crippen LogP contribution in [0.3, 0.4) is 0 Å². The molecule has 0 bridgehead atoms. The fraction of sp³-hybridized carbons (Fsp3) is 0.625. The molecule has 3 N–H and O–H groups in total. The minimum Gasteiger partial charge on any atom is -0.352 e. The molecule has 14 heavy (non-hydrogen) atoms. The Bertz CT molecular complexity index is 345. The molecule has 1 unspecified atom stereocenters. The van der Waals surface area contributed by atoms with E-state index in [4.69, 9.17) is 10.3 Å². The highest BCUT2D eigenvalue weighted by atomic mass is 16.5. The first-order valence-corrected chi connectivity index (χ1v) is 4.53. The van der Waals surface area contributed by atoms with Crippen LogP contribution in [0.2, 0.25) is 0 Å². The molecule has 1 amide bonds. The normalized spacial score (nSPS) is 17.9. The molecule has 76 valence electrons. The van der Waals surface area contributed by atoms with E-state index >= 15 is 0 Å². The minimum atomic E-state index is -0.358. The van der Waals surface area contributed by atoms with Crippen molar-refractivity contribution in [1.82, 2.24) is 15.5 Å². The summed E-state index contributed by atoms with van der Waals surface area (Å²) in [6.07, 6.45) is 2.19. The first-order valence-electron chi connectivity index (χ1n) is 4.53. The van der Waals surface area contributed by atoms with Gasteiger partial charge in [-0.05, 0) is 18.8 Å². The summed E-state index contributed by atoms with van der Waals surface area (Å²) in [6, 6.07) is -0.221. The third kappa shape index (κ3) is 1.60. The van der Waals surface area contributed by atoms with Crippen LogP contribution in [0.25, 0.3) is 0 Å². The molecule has 1 fully saturated rings. The number of nitrogens with two attached hydrogens (primary N) is 1. The third-order valence-corrected chi connectivity index (χ3v) is 2.29. The summed E-state index contributed by atoms with van der Waals surface area (Å²) < 4.78 is 4.90. The predicted molar refractivity (Wildman–Crippen MR) is 47.3 cm³/mol. The van der Waals surface area contributed by atoms with E-state index in [-0.39, 0.29) is 17.8 Å². The van der Waals surface area contributed by atoms with Crippen LogP contribution in [-0.2, 0) is 0 Å². The van der Waals surface area contributed by atoms with E-state index in [1.165, 1.54) is 7.05 Å². The van der Waals surface area contributed by atoms with Gasteiger partial charge < -0.3 is 15.6 Å². The van der Waals surface area contributed by atoms with Crippen molar-refractivity contribution in [2.75, 3.05) is 7.05 Å². The molecule has 1 aromatic rings. The number of nitrogens with one attached hydrogen (secondary N) is 1. The van der Waals surface area contributed by atoms with Gasteiger partial charge in [-0.2, -0.15) is 4.98 Å². The lowest BCUT2D eigenvalue weighted by Gasteiger charge is -2.01. The van der Waals surface area contributed by atoms with Crippen LogP contribution < -0.4 is 11.1 Å². The Morgan fingerprint density at radius 2 is 2.43 bits per heavy atom. The molecule has 0 spiro atoms. The highest BCUT2D eigenvalue weighted by Gasteiger charge is 2.33. The number of hydrogen-bond donors (Lipinski definition) is 2. The maximum absolute atomic E-state index is 11.1. The molecular formula is C8H12N4O2. The van der Waals surface area contributed by atoms with Crippen LogP contribution in [-0.4, -0.2) is 23.1 Å². The SMILES string of the molecule is CNC(=O)c1noc(C(N)C2CC2)n1. The second-order valence-electron chi connectivity index (χ2n) is 3.40. The Hall–Kier alpha value is -1.43. The topological polar surface area (TPSA) is 94.0 Å². The Morgan fingerprint density at radius 1 is 1.71 bits per heavy atom. The van der Waals surface area contributed by atoms with E-state index in [0.29, 0.717) is 11.8 Å². The smallest absolute Gasteiger partial charge is 0.292 e. The summed E-state index contributed by atoms with van der Waals surface area (Å²) in [6.45, 7) is 0. The molecule has 1 heterocycles. The van der Waals surface area contributed by atoms with Crippen LogP contribution in [0, 0.1) is 5.92 Å². The second-order valence-corrected chi connectivity index (χ2v) is 3.40. The fourth-order valence-corrected chi connectivity index (χ4v) is 1.23. The highest BCUT2D eigenvalue weighted by molar-refractivity contribution is 5.89. The number of amides is 1. The summed E-state index contributed by atoms with van der Waals surface area (Å²) in [5.74, 6) is 0.473. The van der Waals surface area contributed by atoms with Gasteiger partial charge in [0.2, 0.25) is 5.89 Å². The van der Waals surface area contributed by atoms with Crippen molar-refractivity contribution in [2.45, 2.75) is 18.9 Å². The van der Waals surface area contributed by atoms with Crippen molar-refractivity contribution in [3.05, 3.63) is 11.7 Å². The van der Waals surface area contributed by atoms with Gasteiger partial charge in [0.05, 0.1) is 6.04 Å². The summed E-state index contributed by atoms with van der Waals surface area (Å²) >= 11 is 0. The molecular weight excluding hydrogens is 184 g/mol. The molecule has 6 heteroatoms. The van der Waals surface area contributed by atoms with Gasteiger partial charge in [0, 0.05) is 7.05 Å². The number of hydrogen-bond acceptors (Lipinski definition) is 5. The fourth-order valence-electron chi connectivity index (χ4n) is 1.23. The average Bonchev–Trinajstić information content (AvgIpc) is 2.93. The van der Waals surface area contributed by atoms with Crippen molar-refractivity contribution in [1.29, 1.82) is 0 Å². The molecule has 1 aromatic heterocycles. The molecule has 1 atom stereocenters. The van der Waals surface area contributed by atoms with Gasteiger partial charge in [0.15, 0.2) is 0 Å². The van der Waals surface area contributed by atoms with Gasteiger partial charge in [0.25, 0.3) is 11.7 Å². The number of carbonyl (C=O) groups is 1. The summed E-state index contributed by atoms with van der Waals surface area (Å²) in [7, 11) is 1.51. The third-order valence-electron chi connectivity index (χ3n) is 2.29. The van der Waals surface area contributed by atoms with Gasteiger partial charge in [-0.15, -0.1) is 0 Å². The highest BCUT2D eigenvalue weighted by Crippen LogP contribution is 2.38. The molecule has 1 saturated carbocycles. The Labute approximate surface area is 80.9 Å². The standard InChI is InChI=1S/C8H12N4O2/c1-10-7(13)6-11-8(14-12-6)5(9)4-2-3-4/h4-5H,2-3,9H2,1H3,(H,10,13). The zero-order valence-corrected chi connectivity index (χ0v) is 7.86. The number of rotatable bonds is 3. The van der Waals surface area contributed by atoms with Gasteiger partial charge in [-0.25, -0.2) is 0 Å². The molecule has 6 nitrogen and oxygen atoms in total. The quantitative estimate of drug-likeness (QED) is 0.700. The molecule has 2 rings (SSSR count). The predicted octanol–water partition coefficient (Wildman–Crippen LogP) is -0.161. The first kappa shape index (κ1) is 9.14. The lowest BCUT2D eigenvalue weighted by Crippen LogP contribution is -2.20. The van der Waals surface area contributed by atoms with Gasteiger partial charge in [-0.1, -0.05) is 5.16 Å². The van der Waals surface area contributed by atoms with Crippen molar-refractivity contribution in [3.8, 4) is 0 Å². The van der Waals surface area contributed by atoms with Gasteiger partial charge in [0.1, 0.15) is 0 Å². The van der Waals surface area contributed by atoms with Crippen LogP contribution in [0.15, 0.2) is 4.52 Å². The summed E-state index contributed by atoms with van der Waals surface area (Å²) in [4.78, 5) is 15.0. The van der Waals surface area contributed by atoms with Crippen LogP contribution >= 0.6 is 0 Å². The number of carbonyl (C=O) groups excluding carboxylic acids is 1. The van der Waals surface area contributed by atoms with E-state index in [1.807, 2.05) is 0 Å². The second kappa shape index (κ2) is 3.38. The minimum absolute atomic E-state index is 0.0404. The van der Waals surface area contributed by atoms with E-state index in [1.54, 1.807) is 0 Å². The average molecular weight is 196 g/mol. The Balaban J connectivity index is 2.12. The van der Waals surface area contributed by atoms with Crippen LogP contribution in [0.1, 0.15) is 35.4 Å².